The van der Waals surface area contributed by atoms with Crippen molar-refractivity contribution in [1.82, 2.24) is 10.6 Å². The summed E-state index contributed by atoms with van der Waals surface area (Å²) < 4.78 is 13.8. The Morgan fingerprint density at radius 2 is 1.65 bits per heavy atom. The molecule has 3 rings (SSSR count). The Balaban J connectivity index is 1.70. The van der Waals surface area contributed by atoms with Gasteiger partial charge in [-0.2, -0.15) is 0 Å². The molecule has 0 bridgehead atoms. The molecule has 0 fully saturated rings. The smallest absolute Gasteiger partial charge is 0.251 e. The third-order valence-corrected chi connectivity index (χ3v) is 5.03. The fraction of sp³-hybridized carbons (Fsp3) is 0.200. The Kier molecular flexibility index (Phi) is 7.51. The molecule has 0 aliphatic heterocycles. The topological polar surface area (TPSA) is 70.2 Å². The largest absolute Gasteiger partial charge is 0.355 e. The highest BCUT2D eigenvalue weighted by Gasteiger charge is 2.16. The molecule has 0 radical (unpaired) electrons. The molecule has 3 aromatic carbocycles. The molecule has 0 saturated carbocycles. The predicted octanol–water partition coefficient (Wildman–Crippen LogP) is 4.07. The fourth-order valence-corrected chi connectivity index (χ4v) is 3.31. The van der Waals surface area contributed by atoms with Crippen molar-refractivity contribution in [3.8, 4) is 0 Å². The molecular weight excluding hydrogens is 393 g/mol. The van der Waals surface area contributed by atoms with Crippen LogP contribution in [0.2, 0.25) is 0 Å². The molecule has 160 valence electrons. The van der Waals surface area contributed by atoms with Gasteiger partial charge >= 0.3 is 0 Å². The Bertz CT molecular complexity index is 1030. The molecule has 6 heteroatoms. The molecule has 5 nitrogen and oxygen atoms in total. The number of hydrogen-bond donors (Lipinski definition) is 3. The van der Waals surface area contributed by atoms with Gasteiger partial charge in [-0.25, -0.2) is 4.39 Å². The minimum absolute atomic E-state index is 0.0356. The summed E-state index contributed by atoms with van der Waals surface area (Å²) in [6.07, 6.45) is 0.930. The van der Waals surface area contributed by atoms with Crippen LogP contribution in [0.4, 0.5) is 10.1 Å². The Hall–Kier alpha value is -3.51. The van der Waals surface area contributed by atoms with Gasteiger partial charge in [0, 0.05) is 18.3 Å². The number of carbonyl (C=O) groups excluding carboxylic acids is 2. The standard InChI is InChI=1S/C25H26FN3O2/c1-3-17-7-9-18(10-8-17)24(20-5-4-6-21(26)15-20)28-16-23(30)29-22-13-11-19(12-14-22)25(31)27-2/h4-15,24,28H,3,16H2,1-2H3,(H,27,31)(H,29,30)/t24-/m0/s1. The zero-order valence-electron chi connectivity index (χ0n) is 17.6. The van der Waals surface area contributed by atoms with Crippen LogP contribution >= 0.6 is 0 Å². The lowest BCUT2D eigenvalue weighted by atomic mass is 9.97. The van der Waals surface area contributed by atoms with Crippen molar-refractivity contribution in [3.05, 3.63) is 101 Å². The molecule has 1 atom stereocenters. The summed E-state index contributed by atoms with van der Waals surface area (Å²) in [4.78, 5) is 24.1. The summed E-state index contributed by atoms with van der Waals surface area (Å²) in [5.74, 6) is -0.749. The molecule has 0 aromatic heterocycles. The van der Waals surface area contributed by atoms with Gasteiger partial charge in [-0.1, -0.05) is 43.3 Å². The number of amides is 2. The number of halogens is 1. The van der Waals surface area contributed by atoms with E-state index < -0.39 is 0 Å². The molecule has 0 saturated heterocycles. The molecule has 2 amide bonds. The average Bonchev–Trinajstić information content (AvgIpc) is 2.79. The first-order valence-electron chi connectivity index (χ1n) is 10.2. The molecular formula is C25H26FN3O2. The zero-order valence-corrected chi connectivity index (χ0v) is 17.6. The third kappa shape index (κ3) is 5.99. The second-order valence-corrected chi connectivity index (χ2v) is 7.17. The van der Waals surface area contributed by atoms with Gasteiger partial charge in [-0.3, -0.25) is 14.9 Å². The van der Waals surface area contributed by atoms with E-state index >= 15 is 0 Å². The van der Waals surface area contributed by atoms with Crippen molar-refractivity contribution < 1.29 is 14.0 Å². The average molecular weight is 420 g/mol. The van der Waals surface area contributed by atoms with Gasteiger partial charge in [0.05, 0.1) is 12.6 Å². The van der Waals surface area contributed by atoms with Crippen LogP contribution in [0.3, 0.4) is 0 Å². The lowest BCUT2D eigenvalue weighted by Crippen LogP contribution is -2.32. The maximum atomic E-state index is 13.8. The van der Waals surface area contributed by atoms with Crippen molar-refractivity contribution in [1.29, 1.82) is 0 Å². The first-order chi connectivity index (χ1) is 15.0. The van der Waals surface area contributed by atoms with E-state index in [2.05, 4.69) is 22.9 Å². The van der Waals surface area contributed by atoms with Crippen molar-refractivity contribution in [3.63, 3.8) is 0 Å². The number of carbonyl (C=O) groups is 2. The summed E-state index contributed by atoms with van der Waals surface area (Å²) in [7, 11) is 1.56. The van der Waals surface area contributed by atoms with Crippen molar-refractivity contribution in [2.45, 2.75) is 19.4 Å². The first-order valence-corrected chi connectivity index (χ1v) is 10.2. The summed E-state index contributed by atoms with van der Waals surface area (Å²) >= 11 is 0. The van der Waals surface area contributed by atoms with Gasteiger partial charge in [-0.05, 0) is 59.5 Å². The highest BCUT2D eigenvalue weighted by molar-refractivity contribution is 5.96. The van der Waals surface area contributed by atoms with E-state index in [0.29, 0.717) is 11.3 Å². The molecule has 0 unspecified atom stereocenters. The molecule has 0 aliphatic carbocycles. The third-order valence-electron chi connectivity index (χ3n) is 5.03. The zero-order chi connectivity index (χ0) is 22.2. The van der Waals surface area contributed by atoms with Crippen LogP contribution in [0.15, 0.2) is 72.8 Å². The van der Waals surface area contributed by atoms with E-state index in [1.165, 1.54) is 17.7 Å². The Morgan fingerprint density at radius 1 is 0.935 bits per heavy atom. The van der Waals surface area contributed by atoms with Crippen LogP contribution < -0.4 is 16.0 Å². The molecule has 0 heterocycles. The maximum Gasteiger partial charge on any atom is 0.251 e. The SMILES string of the molecule is CCc1ccc([C@H](NCC(=O)Nc2ccc(C(=O)NC)cc2)c2cccc(F)c2)cc1. The van der Waals surface area contributed by atoms with Crippen molar-refractivity contribution >= 4 is 17.5 Å². The van der Waals surface area contributed by atoms with E-state index in [0.717, 1.165) is 17.5 Å². The first kappa shape index (κ1) is 22.2. The number of rotatable bonds is 8. The minimum Gasteiger partial charge on any atom is -0.355 e. The van der Waals surface area contributed by atoms with Gasteiger partial charge in [0.25, 0.3) is 5.91 Å². The summed E-state index contributed by atoms with van der Waals surface area (Å²) in [6, 6.07) is 20.8. The summed E-state index contributed by atoms with van der Waals surface area (Å²) in [5, 5.41) is 8.59. The lowest BCUT2D eigenvalue weighted by molar-refractivity contribution is -0.115. The van der Waals surface area contributed by atoms with Crippen LogP contribution in [-0.4, -0.2) is 25.4 Å². The number of anilines is 1. The quantitative estimate of drug-likeness (QED) is 0.516. The highest BCUT2D eigenvalue weighted by Crippen LogP contribution is 2.23. The normalized spacial score (nSPS) is 11.6. The van der Waals surface area contributed by atoms with E-state index in [9.17, 15) is 14.0 Å². The van der Waals surface area contributed by atoms with E-state index in [1.54, 1.807) is 37.4 Å². The van der Waals surface area contributed by atoms with Crippen molar-refractivity contribution in [2.75, 3.05) is 18.9 Å². The Morgan fingerprint density at radius 3 is 2.26 bits per heavy atom. The molecule has 3 N–H and O–H groups in total. The monoisotopic (exact) mass is 419 g/mol. The highest BCUT2D eigenvalue weighted by atomic mass is 19.1. The minimum atomic E-state index is -0.331. The number of benzene rings is 3. The van der Waals surface area contributed by atoms with Crippen LogP contribution in [0.1, 0.15) is 40.0 Å². The van der Waals surface area contributed by atoms with Crippen molar-refractivity contribution in [2.24, 2.45) is 0 Å². The number of aryl methyl sites for hydroxylation is 1. The summed E-state index contributed by atoms with van der Waals surface area (Å²) in [6.45, 7) is 2.12. The molecule has 31 heavy (non-hydrogen) atoms. The van der Waals surface area contributed by atoms with E-state index in [-0.39, 0.29) is 30.2 Å². The van der Waals surface area contributed by atoms with Crippen LogP contribution in [-0.2, 0) is 11.2 Å². The number of hydrogen-bond acceptors (Lipinski definition) is 3. The predicted molar refractivity (Wildman–Crippen MR) is 121 cm³/mol. The molecule has 0 aliphatic rings. The van der Waals surface area contributed by atoms with Crippen LogP contribution in [0.5, 0.6) is 0 Å². The summed E-state index contributed by atoms with van der Waals surface area (Å²) in [5.41, 5.74) is 4.01. The van der Waals surface area contributed by atoms with Crippen LogP contribution in [0, 0.1) is 5.82 Å². The Labute approximate surface area is 181 Å². The van der Waals surface area contributed by atoms with E-state index in [4.69, 9.17) is 0 Å². The van der Waals surface area contributed by atoms with E-state index in [1.807, 2.05) is 30.3 Å². The van der Waals surface area contributed by atoms with Gasteiger partial charge in [0.15, 0.2) is 0 Å². The molecule has 0 spiro atoms. The lowest BCUT2D eigenvalue weighted by Gasteiger charge is -2.20. The number of nitrogens with one attached hydrogen (secondary N) is 3. The van der Waals surface area contributed by atoms with Crippen LogP contribution in [0.25, 0.3) is 0 Å². The van der Waals surface area contributed by atoms with Gasteiger partial charge in [0.2, 0.25) is 5.91 Å². The van der Waals surface area contributed by atoms with Gasteiger partial charge in [-0.15, -0.1) is 0 Å². The fourth-order valence-electron chi connectivity index (χ4n) is 3.31. The molecule has 3 aromatic rings. The second-order valence-electron chi connectivity index (χ2n) is 7.17. The maximum absolute atomic E-state index is 13.8. The van der Waals surface area contributed by atoms with Gasteiger partial charge in [0.1, 0.15) is 5.82 Å². The second kappa shape index (κ2) is 10.5. The van der Waals surface area contributed by atoms with Gasteiger partial charge < -0.3 is 10.6 Å².